The molecule has 142 valence electrons. The summed E-state index contributed by atoms with van der Waals surface area (Å²) in [6.45, 7) is 8.11. The summed E-state index contributed by atoms with van der Waals surface area (Å²) in [7, 11) is -0.255. The second-order valence-corrected chi connectivity index (χ2v) is 7.28. The van der Waals surface area contributed by atoms with Gasteiger partial charge < -0.3 is 14.2 Å². The average molecular weight is 391 g/mol. The number of nitrogens with zero attached hydrogens (tertiary/aromatic N) is 1. The molecule has 3 rings (SSSR count). The van der Waals surface area contributed by atoms with Gasteiger partial charge in [-0.25, -0.2) is 0 Å². The van der Waals surface area contributed by atoms with Gasteiger partial charge in [-0.2, -0.15) is 5.26 Å². The molecule has 0 fully saturated rings. The molecule has 0 saturated carbocycles. The molecule has 1 unspecified atom stereocenters. The minimum atomic E-state index is -0.255. The van der Waals surface area contributed by atoms with Crippen LogP contribution in [0.1, 0.15) is 27.8 Å². The van der Waals surface area contributed by atoms with Crippen molar-refractivity contribution >= 4 is 9.03 Å². The molecule has 1 N–H and O–H groups in total. The summed E-state index contributed by atoms with van der Waals surface area (Å²) in [5, 5.41) is 19.4. The van der Waals surface area contributed by atoms with Crippen LogP contribution in [0.5, 0.6) is 17.2 Å². The van der Waals surface area contributed by atoms with E-state index in [4.69, 9.17) is 14.3 Å². The maximum Gasteiger partial charge on any atom is 0.275 e. The Kier molecular flexibility index (Phi) is 5.87. The van der Waals surface area contributed by atoms with Gasteiger partial charge in [0.05, 0.1) is 11.6 Å². The number of hydrogen-bond donors (Lipinski definition) is 1. The number of benzene rings is 3. The van der Waals surface area contributed by atoms with Crippen LogP contribution in [0.2, 0.25) is 0 Å². The normalized spacial score (nSPS) is 10.8. The van der Waals surface area contributed by atoms with E-state index in [9.17, 15) is 5.11 Å². The van der Waals surface area contributed by atoms with Gasteiger partial charge in [-0.1, -0.05) is 12.1 Å². The number of nitriles is 1. The van der Waals surface area contributed by atoms with E-state index in [2.05, 4.69) is 6.07 Å². The van der Waals surface area contributed by atoms with Crippen molar-refractivity contribution in [3.8, 4) is 34.4 Å². The molecular formula is C23H22NO3P. The first kappa shape index (κ1) is 19.7. The van der Waals surface area contributed by atoms with Crippen molar-refractivity contribution < 1.29 is 14.2 Å². The van der Waals surface area contributed by atoms with E-state index in [0.29, 0.717) is 17.1 Å². The zero-order chi connectivity index (χ0) is 20.3. The van der Waals surface area contributed by atoms with E-state index in [1.165, 1.54) is 0 Å². The Morgan fingerprint density at radius 3 is 2.04 bits per heavy atom. The molecule has 0 aliphatic rings. The Labute approximate surface area is 167 Å². The maximum absolute atomic E-state index is 10.6. The fourth-order valence-electron chi connectivity index (χ4n) is 3.02. The second kappa shape index (κ2) is 8.33. The summed E-state index contributed by atoms with van der Waals surface area (Å²) in [5.41, 5.74) is 6.57. The van der Waals surface area contributed by atoms with Gasteiger partial charge in [-0.05, 0) is 86.3 Å². The minimum Gasteiger partial charge on any atom is -0.507 e. The van der Waals surface area contributed by atoms with E-state index >= 15 is 0 Å². The van der Waals surface area contributed by atoms with Crippen molar-refractivity contribution in [1.29, 1.82) is 5.26 Å². The van der Waals surface area contributed by atoms with E-state index < -0.39 is 0 Å². The maximum atomic E-state index is 10.6. The number of aryl methyl sites for hydroxylation is 2. The molecular weight excluding hydrogens is 369 g/mol. The molecule has 3 aromatic carbocycles. The highest BCUT2D eigenvalue weighted by atomic mass is 31.1. The lowest BCUT2D eigenvalue weighted by Gasteiger charge is -2.19. The van der Waals surface area contributed by atoms with Crippen LogP contribution in [-0.4, -0.2) is 5.11 Å². The summed E-state index contributed by atoms with van der Waals surface area (Å²) in [5.74, 6) is 1.54. The lowest BCUT2D eigenvalue weighted by Crippen LogP contribution is -1.96. The average Bonchev–Trinajstić information content (AvgIpc) is 2.70. The van der Waals surface area contributed by atoms with Crippen LogP contribution >= 0.6 is 9.03 Å². The predicted molar refractivity (Wildman–Crippen MR) is 113 cm³/mol. The van der Waals surface area contributed by atoms with Gasteiger partial charge in [0, 0.05) is 11.1 Å². The quantitative estimate of drug-likeness (QED) is 0.531. The van der Waals surface area contributed by atoms with Crippen LogP contribution in [0.4, 0.5) is 0 Å². The third-order valence-electron chi connectivity index (χ3n) is 4.96. The van der Waals surface area contributed by atoms with Crippen molar-refractivity contribution in [2.45, 2.75) is 27.7 Å². The standard InChI is InChI=1S/C23H22NO3P/c1-14-5-11-20(25)22(16(14)3)23-17(4)15(2)6-12-21(23)27-28-26-19-9-7-18(13-24)8-10-19/h5-12,25,28H,1-4H3. The molecule has 5 heteroatoms. The third-order valence-corrected chi connectivity index (χ3v) is 5.58. The Bertz CT molecular complexity index is 1050. The van der Waals surface area contributed by atoms with Crippen molar-refractivity contribution in [2.24, 2.45) is 0 Å². The van der Waals surface area contributed by atoms with Gasteiger partial charge in [-0.3, -0.25) is 0 Å². The number of phenols is 1. The van der Waals surface area contributed by atoms with Crippen LogP contribution in [0, 0.1) is 39.0 Å². The molecule has 28 heavy (non-hydrogen) atoms. The Hall–Kier alpha value is -3.02. The monoisotopic (exact) mass is 391 g/mol. The molecule has 0 aromatic heterocycles. The SMILES string of the molecule is Cc1ccc(O)c(-c2c(OPOc3ccc(C#N)cc3)ccc(C)c2C)c1C. The fraction of sp³-hybridized carbons (Fsp3) is 0.174. The molecule has 0 bridgehead atoms. The second-order valence-electron chi connectivity index (χ2n) is 6.71. The zero-order valence-corrected chi connectivity index (χ0v) is 17.3. The van der Waals surface area contributed by atoms with Crippen molar-refractivity contribution in [1.82, 2.24) is 0 Å². The first-order chi connectivity index (χ1) is 13.4. The highest BCUT2D eigenvalue weighted by Crippen LogP contribution is 2.44. The largest absolute Gasteiger partial charge is 0.507 e. The first-order valence-corrected chi connectivity index (χ1v) is 9.72. The molecule has 1 atom stereocenters. The van der Waals surface area contributed by atoms with Crippen molar-refractivity contribution in [2.75, 3.05) is 0 Å². The molecule has 0 radical (unpaired) electrons. The van der Waals surface area contributed by atoms with Crippen molar-refractivity contribution in [3.63, 3.8) is 0 Å². The number of hydrogen-bond acceptors (Lipinski definition) is 4. The summed E-state index contributed by atoms with van der Waals surface area (Å²) in [6.07, 6.45) is 0. The minimum absolute atomic E-state index is 0.234. The zero-order valence-electron chi connectivity index (χ0n) is 16.3. The predicted octanol–water partition coefficient (Wildman–Crippen LogP) is 6.13. The van der Waals surface area contributed by atoms with E-state index in [0.717, 1.165) is 33.4 Å². The summed E-state index contributed by atoms with van der Waals surface area (Å²) in [6, 6.07) is 16.5. The first-order valence-electron chi connectivity index (χ1n) is 8.91. The van der Waals surface area contributed by atoms with Gasteiger partial charge in [-0.15, -0.1) is 0 Å². The highest BCUT2D eigenvalue weighted by molar-refractivity contribution is 7.27. The molecule has 0 aliphatic heterocycles. The molecule has 0 heterocycles. The molecule has 0 aliphatic carbocycles. The van der Waals surface area contributed by atoms with Gasteiger partial charge in [0.2, 0.25) is 0 Å². The summed E-state index contributed by atoms with van der Waals surface area (Å²) >= 11 is 0. The van der Waals surface area contributed by atoms with Gasteiger partial charge >= 0.3 is 0 Å². The smallest absolute Gasteiger partial charge is 0.275 e. The summed E-state index contributed by atoms with van der Waals surface area (Å²) in [4.78, 5) is 0. The van der Waals surface area contributed by atoms with E-state index in [1.54, 1.807) is 30.3 Å². The van der Waals surface area contributed by atoms with Gasteiger partial charge in [0.1, 0.15) is 17.2 Å². The van der Waals surface area contributed by atoms with Crippen molar-refractivity contribution in [3.05, 3.63) is 76.3 Å². The fourth-order valence-corrected chi connectivity index (χ4v) is 3.55. The van der Waals surface area contributed by atoms with Crippen LogP contribution in [0.25, 0.3) is 11.1 Å². The van der Waals surface area contributed by atoms with Gasteiger partial charge in [0.15, 0.2) is 0 Å². The van der Waals surface area contributed by atoms with Crippen LogP contribution < -0.4 is 9.05 Å². The van der Waals surface area contributed by atoms with Gasteiger partial charge in [0.25, 0.3) is 9.03 Å². The topological polar surface area (TPSA) is 62.5 Å². The van der Waals surface area contributed by atoms with E-state index in [1.807, 2.05) is 45.9 Å². The Balaban J connectivity index is 1.91. The summed E-state index contributed by atoms with van der Waals surface area (Å²) < 4.78 is 11.7. The number of rotatable bonds is 5. The van der Waals surface area contributed by atoms with E-state index in [-0.39, 0.29) is 14.8 Å². The van der Waals surface area contributed by atoms with Crippen LogP contribution in [0.15, 0.2) is 48.5 Å². The molecule has 3 aromatic rings. The number of aromatic hydroxyl groups is 1. The lowest BCUT2D eigenvalue weighted by atomic mass is 9.90. The molecule has 0 amide bonds. The highest BCUT2D eigenvalue weighted by Gasteiger charge is 2.18. The number of phenolic OH excluding ortho intramolecular Hbond substituents is 1. The Morgan fingerprint density at radius 1 is 0.786 bits per heavy atom. The van der Waals surface area contributed by atoms with Crippen LogP contribution in [-0.2, 0) is 0 Å². The third kappa shape index (κ3) is 3.96. The lowest BCUT2D eigenvalue weighted by molar-refractivity contribution is 0.475. The van der Waals surface area contributed by atoms with Crippen LogP contribution in [0.3, 0.4) is 0 Å². The Morgan fingerprint density at radius 2 is 1.39 bits per heavy atom. The molecule has 0 saturated heterocycles. The molecule has 4 nitrogen and oxygen atoms in total. The molecule has 0 spiro atoms.